The molecule has 0 aliphatic carbocycles. The quantitative estimate of drug-likeness (QED) is 0.130. The molecule has 0 unspecified atom stereocenters. The van der Waals surface area contributed by atoms with E-state index in [1.807, 2.05) is 74.3 Å². The first-order valence-corrected chi connectivity index (χ1v) is 18.2. The molecular formula is C40H56N8O5S4. The molecule has 2 aliphatic heterocycles. The number of oxime groups is 1. The number of alkyl carbamates (subject to hydrolysis) is 1. The minimum Gasteiger partial charge on any atom is -0.453 e. The van der Waals surface area contributed by atoms with Gasteiger partial charge < -0.3 is 34.7 Å². The summed E-state index contributed by atoms with van der Waals surface area (Å²) in [6.07, 6.45) is 3.48. The molecule has 3 amide bonds. The van der Waals surface area contributed by atoms with Crippen LogP contribution in [-0.2, 0) is 19.2 Å². The number of carbonyl (C=O) groups excluding carboxylic acids is 3. The summed E-state index contributed by atoms with van der Waals surface area (Å²) in [5, 5.41) is 6.80. The van der Waals surface area contributed by atoms with Gasteiger partial charge in [0, 0.05) is 30.0 Å². The monoisotopic (exact) mass is 856 g/mol. The fourth-order valence-electron chi connectivity index (χ4n) is 6.91. The number of imidazole rings is 2. The Kier molecular flexibility index (Phi) is 18.4. The van der Waals surface area contributed by atoms with Crippen LogP contribution >= 0.6 is 54.0 Å². The van der Waals surface area contributed by atoms with Gasteiger partial charge in [-0.15, -0.1) is 0 Å². The molecule has 2 aromatic heterocycles. The molecular weight excluding hydrogens is 801 g/mol. The molecule has 0 bridgehead atoms. The topological polar surface area (TPSA) is 158 Å². The summed E-state index contributed by atoms with van der Waals surface area (Å²) in [4.78, 5) is 64.0. The number of hydrogen-bond donors (Lipinski definition) is 3. The van der Waals surface area contributed by atoms with E-state index in [0.717, 1.165) is 58.6 Å². The minimum absolute atomic E-state index is 0. The Balaban J connectivity index is 0.00000280. The van der Waals surface area contributed by atoms with Crippen LogP contribution in [-0.4, -0.2) is 86.7 Å². The van der Waals surface area contributed by atoms with Crippen LogP contribution in [0.4, 0.5) is 4.79 Å². The molecule has 4 heterocycles. The number of fused-ring (bicyclic) bond motifs is 1. The zero-order valence-corrected chi connectivity index (χ0v) is 37.4. The van der Waals surface area contributed by atoms with Crippen molar-refractivity contribution in [3.8, 4) is 23.1 Å². The van der Waals surface area contributed by atoms with Crippen LogP contribution in [0.2, 0.25) is 0 Å². The van der Waals surface area contributed by atoms with E-state index < -0.39 is 18.2 Å². The van der Waals surface area contributed by atoms with Crippen molar-refractivity contribution >= 4 is 88.6 Å². The summed E-state index contributed by atoms with van der Waals surface area (Å²) >= 11 is 0. The number of aromatic amines is 2. The Morgan fingerprint density at radius 1 is 0.860 bits per heavy atom. The lowest BCUT2D eigenvalue weighted by atomic mass is 9.96. The number of nitrogens with zero attached hydrogens (tertiary/aromatic N) is 5. The predicted molar refractivity (Wildman–Crippen MR) is 243 cm³/mol. The van der Waals surface area contributed by atoms with E-state index in [0.29, 0.717) is 23.9 Å². The zero-order chi connectivity index (χ0) is 37.8. The number of carbonyl (C=O) groups is 3. The van der Waals surface area contributed by atoms with Crippen LogP contribution in [0.1, 0.15) is 88.7 Å². The van der Waals surface area contributed by atoms with E-state index in [1.165, 1.54) is 14.2 Å². The SMILES string of the molecule is CON=C1C[C@@H](c2nc3ccc(C#Cc4ccc(-c5cnc([C@@H]6CCCN6C(=O)[C@@H](C)C(C)C)[nH]5)cc4)cc3[nH]2)N(C(=O)[C@@H](NC(=O)OC)C(C)C)C1.S.S.S.S. The number of likely N-dealkylation sites (tertiary alicyclic amines) is 2. The molecule has 57 heavy (non-hydrogen) atoms. The summed E-state index contributed by atoms with van der Waals surface area (Å²) in [5.74, 6) is 7.98. The van der Waals surface area contributed by atoms with Gasteiger partial charge in [0.2, 0.25) is 11.8 Å². The van der Waals surface area contributed by atoms with Gasteiger partial charge in [-0.1, -0.05) is 63.7 Å². The number of nitrogens with one attached hydrogen (secondary N) is 3. The predicted octanol–water partition coefficient (Wildman–Crippen LogP) is 6.42. The van der Waals surface area contributed by atoms with Gasteiger partial charge in [-0.3, -0.25) is 9.59 Å². The van der Waals surface area contributed by atoms with Crippen molar-refractivity contribution < 1.29 is 24.0 Å². The first-order chi connectivity index (χ1) is 25.5. The smallest absolute Gasteiger partial charge is 0.407 e. The average Bonchev–Trinajstić information content (AvgIpc) is 3.98. The van der Waals surface area contributed by atoms with Crippen molar-refractivity contribution in [3.63, 3.8) is 0 Å². The Hall–Kier alpha value is -4.24. The van der Waals surface area contributed by atoms with Gasteiger partial charge in [0.1, 0.15) is 24.8 Å². The third kappa shape index (κ3) is 11.0. The maximum absolute atomic E-state index is 13.8. The summed E-state index contributed by atoms with van der Waals surface area (Å²) < 4.78 is 4.77. The molecule has 2 saturated heterocycles. The van der Waals surface area contributed by atoms with Crippen LogP contribution < -0.4 is 5.32 Å². The van der Waals surface area contributed by atoms with Crippen molar-refractivity contribution in [2.75, 3.05) is 27.3 Å². The van der Waals surface area contributed by atoms with Crippen LogP contribution in [0.15, 0.2) is 53.8 Å². The van der Waals surface area contributed by atoms with Gasteiger partial charge in [0.15, 0.2) is 0 Å². The molecule has 13 nitrogen and oxygen atoms in total. The number of benzene rings is 2. The van der Waals surface area contributed by atoms with E-state index in [1.54, 1.807) is 4.90 Å². The van der Waals surface area contributed by atoms with E-state index >= 15 is 0 Å². The molecule has 6 rings (SSSR count). The summed E-state index contributed by atoms with van der Waals surface area (Å²) in [6.45, 7) is 10.9. The van der Waals surface area contributed by atoms with Crippen molar-refractivity contribution in [1.29, 1.82) is 0 Å². The Morgan fingerprint density at radius 3 is 2.19 bits per heavy atom. The first kappa shape index (κ1) is 48.9. The number of amides is 3. The zero-order valence-electron chi connectivity index (χ0n) is 33.4. The van der Waals surface area contributed by atoms with Crippen molar-refractivity contribution in [3.05, 3.63) is 71.4 Å². The highest BCUT2D eigenvalue weighted by atomic mass is 32.1. The molecule has 2 aliphatic rings. The number of H-pyrrole nitrogens is 2. The summed E-state index contributed by atoms with van der Waals surface area (Å²) in [6, 6.07) is 12.5. The molecule has 4 atom stereocenters. The molecule has 3 N–H and O–H groups in total. The largest absolute Gasteiger partial charge is 0.453 e. The molecule has 2 aromatic carbocycles. The minimum atomic E-state index is -0.789. The van der Waals surface area contributed by atoms with Crippen molar-refractivity contribution in [2.24, 2.45) is 22.9 Å². The lowest BCUT2D eigenvalue weighted by molar-refractivity contribution is -0.137. The number of rotatable bonds is 9. The number of methoxy groups -OCH3 is 1. The van der Waals surface area contributed by atoms with Crippen LogP contribution in [0.25, 0.3) is 22.3 Å². The second-order valence-electron chi connectivity index (χ2n) is 14.5. The second-order valence-corrected chi connectivity index (χ2v) is 14.5. The number of aromatic nitrogens is 4. The highest BCUT2D eigenvalue weighted by Gasteiger charge is 2.40. The van der Waals surface area contributed by atoms with Gasteiger partial charge in [-0.05, 0) is 60.6 Å². The molecule has 4 aromatic rings. The van der Waals surface area contributed by atoms with E-state index in [4.69, 9.17) is 14.6 Å². The van der Waals surface area contributed by atoms with Gasteiger partial charge in [0.05, 0.1) is 54.4 Å². The molecule has 0 spiro atoms. The van der Waals surface area contributed by atoms with E-state index in [-0.39, 0.29) is 90.2 Å². The summed E-state index contributed by atoms with van der Waals surface area (Å²) in [7, 11) is 2.74. The highest BCUT2D eigenvalue weighted by Crippen LogP contribution is 2.34. The van der Waals surface area contributed by atoms with Crippen molar-refractivity contribution in [1.82, 2.24) is 35.1 Å². The third-order valence-corrected chi connectivity index (χ3v) is 10.3. The molecule has 310 valence electrons. The van der Waals surface area contributed by atoms with Crippen molar-refractivity contribution in [2.45, 2.75) is 72.0 Å². The molecule has 0 saturated carbocycles. The van der Waals surface area contributed by atoms with E-state index in [9.17, 15) is 14.4 Å². The Morgan fingerprint density at radius 2 is 1.54 bits per heavy atom. The fraction of sp³-hybridized carbons (Fsp3) is 0.450. The Labute approximate surface area is 362 Å². The maximum Gasteiger partial charge on any atom is 0.407 e. The average molecular weight is 857 g/mol. The molecule has 0 radical (unpaired) electrons. The fourth-order valence-corrected chi connectivity index (χ4v) is 6.91. The van der Waals surface area contributed by atoms with E-state index in [2.05, 4.69) is 51.1 Å². The number of ether oxygens (including phenoxy) is 1. The number of hydrogen-bond acceptors (Lipinski definition) is 8. The highest BCUT2D eigenvalue weighted by molar-refractivity contribution is 7.59. The second kappa shape index (κ2) is 21.5. The lowest BCUT2D eigenvalue weighted by Gasteiger charge is -2.29. The standard InChI is InChI=1S/C40H48N8O5.4H2S/c1-23(2)25(5)38(49)47-18-8-9-33(47)36-41-21-32(44-36)28-15-12-26(13-16-28)10-11-27-14-17-30-31(19-27)43-37(42-30)34-20-29(46-53-7)22-48(34)39(50)35(24(3)4)45-40(51)52-6;;;;/h12-17,19,21,23-25,33-35H,8-9,18,20,22H2,1-7H3,(H,41,44)(H,42,43)(H,45,51);4*1H2/t25-,33-,34-,35-;;;;/m0..../s1. The van der Waals surface area contributed by atoms with Gasteiger partial charge in [-0.2, -0.15) is 54.0 Å². The van der Waals surface area contributed by atoms with Gasteiger partial charge in [0.25, 0.3) is 0 Å². The Bertz CT molecular complexity index is 2070. The first-order valence-electron chi connectivity index (χ1n) is 18.2. The van der Waals surface area contributed by atoms with Gasteiger partial charge in [-0.25, -0.2) is 14.8 Å². The summed E-state index contributed by atoms with van der Waals surface area (Å²) in [5.41, 5.74) is 5.79. The van der Waals surface area contributed by atoms with Crippen LogP contribution in [0, 0.1) is 29.6 Å². The lowest BCUT2D eigenvalue weighted by Crippen LogP contribution is -2.51. The molecule has 2 fully saturated rings. The van der Waals surface area contributed by atoms with Crippen LogP contribution in [0.3, 0.4) is 0 Å². The maximum atomic E-state index is 13.8. The van der Waals surface area contributed by atoms with Crippen LogP contribution in [0.5, 0.6) is 0 Å². The molecule has 17 heteroatoms. The third-order valence-electron chi connectivity index (χ3n) is 10.3. The van der Waals surface area contributed by atoms with Gasteiger partial charge >= 0.3 is 6.09 Å². The normalized spacial score (nSPS) is 17.7.